The van der Waals surface area contributed by atoms with Crippen molar-refractivity contribution >= 4 is 28.8 Å². The Bertz CT molecular complexity index is 528. The predicted octanol–water partition coefficient (Wildman–Crippen LogP) is 2.38. The molecule has 1 fully saturated rings. The normalized spacial score (nSPS) is 15.8. The van der Waals surface area contributed by atoms with Gasteiger partial charge in [0.25, 0.3) is 0 Å². The molecule has 0 saturated heterocycles. The second-order valence-electron chi connectivity index (χ2n) is 5.64. The number of anilines is 1. The standard InChI is InChI=1S/C16H23N3OS/c1-3-19(10-12-7-8-12)11(2)16(20)18-14-6-4-5-13(9-14)15(17)21/h4-6,9,11-12H,3,7-8,10H2,1-2H3,(H2,17,21)(H,18,20). The first kappa shape index (κ1) is 15.9. The molecular formula is C16H23N3OS. The monoisotopic (exact) mass is 305 g/mol. The molecule has 0 bridgehead atoms. The van der Waals surface area contributed by atoms with Crippen molar-refractivity contribution in [2.45, 2.75) is 32.7 Å². The highest BCUT2D eigenvalue weighted by Gasteiger charge is 2.28. The third kappa shape index (κ3) is 4.51. The van der Waals surface area contributed by atoms with Crippen LogP contribution in [0.2, 0.25) is 0 Å². The molecule has 3 N–H and O–H groups in total. The van der Waals surface area contributed by atoms with Crippen molar-refractivity contribution in [2.75, 3.05) is 18.4 Å². The van der Waals surface area contributed by atoms with Crippen molar-refractivity contribution in [3.63, 3.8) is 0 Å². The smallest absolute Gasteiger partial charge is 0.241 e. The molecule has 0 radical (unpaired) electrons. The number of hydrogen-bond acceptors (Lipinski definition) is 3. The number of rotatable bonds is 7. The lowest BCUT2D eigenvalue weighted by Gasteiger charge is -2.26. The first-order valence-electron chi connectivity index (χ1n) is 7.46. The summed E-state index contributed by atoms with van der Waals surface area (Å²) in [4.78, 5) is 14.9. The van der Waals surface area contributed by atoms with Crippen LogP contribution in [0.15, 0.2) is 24.3 Å². The van der Waals surface area contributed by atoms with Gasteiger partial charge >= 0.3 is 0 Å². The van der Waals surface area contributed by atoms with Crippen molar-refractivity contribution in [3.8, 4) is 0 Å². The van der Waals surface area contributed by atoms with Gasteiger partial charge in [-0.1, -0.05) is 31.3 Å². The summed E-state index contributed by atoms with van der Waals surface area (Å²) in [6.45, 7) is 5.95. The first-order valence-corrected chi connectivity index (χ1v) is 7.87. The third-order valence-electron chi connectivity index (χ3n) is 3.94. The molecule has 4 nitrogen and oxygen atoms in total. The van der Waals surface area contributed by atoms with Gasteiger partial charge in [-0.05, 0) is 44.4 Å². The van der Waals surface area contributed by atoms with E-state index in [-0.39, 0.29) is 11.9 Å². The average Bonchev–Trinajstić information content (AvgIpc) is 3.28. The Balaban J connectivity index is 1.98. The molecule has 21 heavy (non-hydrogen) atoms. The molecule has 1 atom stereocenters. The Morgan fingerprint density at radius 1 is 1.52 bits per heavy atom. The summed E-state index contributed by atoms with van der Waals surface area (Å²) in [6, 6.07) is 7.21. The fourth-order valence-corrected chi connectivity index (χ4v) is 2.48. The Morgan fingerprint density at radius 2 is 2.24 bits per heavy atom. The highest BCUT2D eigenvalue weighted by molar-refractivity contribution is 7.80. The zero-order valence-electron chi connectivity index (χ0n) is 12.6. The average molecular weight is 305 g/mol. The van der Waals surface area contributed by atoms with E-state index in [0.29, 0.717) is 4.99 Å². The van der Waals surface area contributed by atoms with Gasteiger partial charge in [-0.3, -0.25) is 9.69 Å². The lowest BCUT2D eigenvalue weighted by Crippen LogP contribution is -2.43. The van der Waals surface area contributed by atoms with Gasteiger partial charge in [0, 0.05) is 17.8 Å². The first-order chi connectivity index (χ1) is 10.0. The van der Waals surface area contributed by atoms with Crippen molar-refractivity contribution < 1.29 is 4.79 Å². The van der Waals surface area contributed by atoms with Crippen molar-refractivity contribution in [2.24, 2.45) is 11.7 Å². The van der Waals surface area contributed by atoms with Crippen molar-refractivity contribution in [1.29, 1.82) is 0 Å². The predicted molar refractivity (Wildman–Crippen MR) is 90.4 cm³/mol. The maximum absolute atomic E-state index is 12.4. The summed E-state index contributed by atoms with van der Waals surface area (Å²) in [5.74, 6) is 0.788. The number of nitrogens with zero attached hydrogens (tertiary/aromatic N) is 1. The molecule has 0 aliphatic heterocycles. The van der Waals surface area contributed by atoms with E-state index in [1.165, 1.54) is 12.8 Å². The molecule has 0 spiro atoms. The van der Waals surface area contributed by atoms with Gasteiger partial charge in [0.2, 0.25) is 5.91 Å². The molecule has 1 aliphatic carbocycles. The molecule has 1 saturated carbocycles. The van der Waals surface area contributed by atoms with Gasteiger partial charge in [-0.2, -0.15) is 0 Å². The molecule has 1 unspecified atom stereocenters. The summed E-state index contributed by atoms with van der Waals surface area (Å²) in [5, 5.41) is 2.95. The Hall–Kier alpha value is -1.46. The van der Waals surface area contributed by atoms with Crippen LogP contribution in [0.3, 0.4) is 0 Å². The molecule has 114 valence electrons. The van der Waals surface area contributed by atoms with E-state index in [0.717, 1.165) is 30.3 Å². The number of thiocarbonyl (C=S) groups is 1. The maximum Gasteiger partial charge on any atom is 0.241 e. The minimum Gasteiger partial charge on any atom is -0.389 e. The van der Waals surface area contributed by atoms with E-state index in [2.05, 4.69) is 17.1 Å². The van der Waals surface area contributed by atoms with Gasteiger partial charge in [-0.15, -0.1) is 0 Å². The Morgan fingerprint density at radius 3 is 2.81 bits per heavy atom. The second kappa shape index (κ2) is 7.00. The van der Waals surface area contributed by atoms with Gasteiger partial charge in [-0.25, -0.2) is 0 Å². The molecule has 1 aromatic rings. The SMILES string of the molecule is CCN(CC1CC1)C(C)C(=O)Nc1cccc(C(N)=S)c1. The molecule has 1 aromatic carbocycles. The molecule has 5 heteroatoms. The van der Waals surface area contributed by atoms with E-state index in [9.17, 15) is 4.79 Å². The fraction of sp³-hybridized carbons (Fsp3) is 0.500. The number of carbonyl (C=O) groups is 1. The number of amides is 1. The van der Waals surface area contributed by atoms with Gasteiger partial charge in [0.1, 0.15) is 4.99 Å². The van der Waals surface area contributed by atoms with Crippen LogP contribution in [0.5, 0.6) is 0 Å². The minimum absolute atomic E-state index is 0.0117. The summed E-state index contributed by atoms with van der Waals surface area (Å²) in [7, 11) is 0. The number of hydrogen-bond donors (Lipinski definition) is 2. The van der Waals surface area contributed by atoms with Crippen LogP contribution in [-0.2, 0) is 4.79 Å². The lowest BCUT2D eigenvalue weighted by molar-refractivity contribution is -0.120. The zero-order valence-corrected chi connectivity index (χ0v) is 13.5. The number of nitrogens with two attached hydrogens (primary N) is 1. The second-order valence-corrected chi connectivity index (χ2v) is 6.08. The van der Waals surface area contributed by atoms with E-state index in [4.69, 9.17) is 18.0 Å². The third-order valence-corrected chi connectivity index (χ3v) is 4.17. The van der Waals surface area contributed by atoms with Crippen LogP contribution in [0.4, 0.5) is 5.69 Å². The quantitative estimate of drug-likeness (QED) is 0.759. The summed E-state index contributed by atoms with van der Waals surface area (Å²) in [6.07, 6.45) is 2.58. The molecule has 1 aliphatic rings. The number of nitrogens with one attached hydrogen (secondary N) is 1. The van der Waals surface area contributed by atoms with Crippen LogP contribution in [-0.4, -0.2) is 34.9 Å². The van der Waals surface area contributed by atoms with Gasteiger partial charge in [0.15, 0.2) is 0 Å². The molecule has 2 rings (SSSR count). The molecule has 1 amide bonds. The van der Waals surface area contributed by atoms with Crippen LogP contribution in [0, 0.1) is 5.92 Å². The number of likely N-dealkylation sites (N-methyl/N-ethyl adjacent to an activating group) is 1. The highest BCUT2D eigenvalue weighted by atomic mass is 32.1. The van der Waals surface area contributed by atoms with Gasteiger partial charge in [0.05, 0.1) is 6.04 Å². The molecule has 0 heterocycles. The zero-order chi connectivity index (χ0) is 15.4. The van der Waals surface area contributed by atoms with Crippen molar-refractivity contribution in [3.05, 3.63) is 29.8 Å². The summed E-state index contributed by atoms with van der Waals surface area (Å²) >= 11 is 4.96. The summed E-state index contributed by atoms with van der Waals surface area (Å²) in [5.41, 5.74) is 7.12. The van der Waals surface area contributed by atoms with E-state index in [1.54, 1.807) is 0 Å². The number of benzene rings is 1. The van der Waals surface area contributed by atoms with Crippen LogP contribution in [0.1, 0.15) is 32.3 Å². The highest BCUT2D eigenvalue weighted by Crippen LogP contribution is 2.30. The van der Waals surface area contributed by atoms with Crippen LogP contribution in [0.25, 0.3) is 0 Å². The molecular weight excluding hydrogens is 282 g/mol. The molecule has 0 aromatic heterocycles. The fourth-order valence-electron chi connectivity index (χ4n) is 2.36. The summed E-state index contributed by atoms with van der Waals surface area (Å²) < 4.78 is 0. The van der Waals surface area contributed by atoms with E-state index < -0.39 is 0 Å². The van der Waals surface area contributed by atoms with Crippen LogP contribution >= 0.6 is 12.2 Å². The van der Waals surface area contributed by atoms with E-state index >= 15 is 0 Å². The largest absolute Gasteiger partial charge is 0.389 e. The van der Waals surface area contributed by atoms with Crippen molar-refractivity contribution in [1.82, 2.24) is 4.90 Å². The van der Waals surface area contributed by atoms with Crippen LogP contribution < -0.4 is 11.1 Å². The lowest BCUT2D eigenvalue weighted by atomic mass is 10.2. The Labute approximate surface area is 131 Å². The number of carbonyl (C=O) groups excluding carboxylic acids is 1. The van der Waals surface area contributed by atoms with Gasteiger partial charge < -0.3 is 11.1 Å². The topological polar surface area (TPSA) is 58.4 Å². The van der Waals surface area contributed by atoms with E-state index in [1.807, 2.05) is 31.2 Å². The maximum atomic E-state index is 12.4. The minimum atomic E-state index is -0.135. The Kier molecular flexibility index (Phi) is 5.31.